The second-order valence-electron chi connectivity index (χ2n) is 7.90. The minimum Gasteiger partial charge on any atom is -0.294 e. The summed E-state index contributed by atoms with van der Waals surface area (Å²) in [5, 5.41) is 9.79. The quantitative estimate of drug-likeness (QED) is 0.328. The molecule has 0 atom stereocenters. The molecule has 1 aromatic heterocycles. The molecule has 0 aliphatic carbocycles. The molecule has 4 aromatic carbocycles. The smallest absolute Gasteiger partial charge is 0.166 e. The van der Waals surface area contributed by atoms with Crippen molar-refractivity contribution in [3.8, 4) is 0 Å². The number of ketones is 1. The van der Waals surface area contributed by atoms with E-state index < -0.39 is 5.54 Å². The summed E-state index contributed by atoms with van der Waals surface area (Å²) >= 11 is 1.73. The summed E-state index contributed by atoms with van der Waals surface area (Å²) in [5.41, 5.74) is 3.57. The molecular weight excluding hydrogens is 414 g/mol. The van der Waals surface area contributed by atoms with Crippen molar-refractivity contribution in [3.05, 3.63) is 120 Å². The number of Topliss-reactive ketones (excluding diaryl/α,β-unsaturated/α-hetero) is 1. The molecular formula is C27H19N3OS. The van der Waals surface area contributed by atoms with Crippen molar-refractivity contribution in [2.75, 3.05) is 0 Å². The molecule has 1 aliphatic heterocycles. The Morgan fingerprint density at radius 2 is 1.19 bits per heavy atom. The van der Waals surface area contributed by atoms with Crippen LogP contribution in [0.1, 0.15) is 27.9 Å². The molecule has 32 heavy (non-hydrogen) atoms. The van der Waals surface area contributed by atoms with E-state index in [1.807, 2.05) is 78.9 Å². The van der Waals surface area contributed by atoms with E-state index in [1.165, 1.54) is 0 Å². The molecule has 4 nitrogen and oxygen atoms in total. The number of aromatic nitrogens is 3. The largest absolute Gasteiger partial charge is 0.294 e. The average molecular weight is 434 g/mol. The van der Waals surface area contributed by atoms with Crippen LogP contribution in [0.2, 0.25) is 0 Å². The third-order valence-corrected chi connectivity index (χ3v) is 7.18. The highest BCUT2D eigenvalue weighted by Gasteiger charge is 2.46. The van der Waals surface area contributed by atoms with Crippen molar-refractivity contribution in [2.45, 2.75) is 21.8 Å². The summed E-state index contributed by atoms with van der Waals surface area (Å²) < 4.78 is 0. The van der Waals surface area contributed by atoms with E-state index in [0.29, 0.717) is 5.56 Å². The molecule has 0 fully saturated rings. The molecule has 0 spiro atoms. The van der Waals surface area contributed by atoms with E-state index in [0.717, 1.165) is 32.0 Å². The molecule has 5 heteroatoms. The Labute approximate surface area is 189 Å². The predicted molar refractivity (Wildman–Crippen MR) is 126 cm³/mol. The Bertz CT molecular complexity index is 1380. The molecule has 154 valence electrons. The van der Waals surface area contributed by atoms with Gasteiger partial charge in [-0.05, 0) is 24.3 Å². The Morgan fingerprint density at radius 3 is 1.78 bits per heavy atom. The lowest BCUT2D eigenvalue weighted by Gasteiger charge is -2.39. The number of nitrogens with zero attached hydrogens (tertiary/aromatic N) is 3. The molecule has 2 heterocycles. The van der Waals surface area contributed by atoms with Gasteiger partial charge in [-0.25, -0.2) is 0 Å². The summed E-state index contributed by atoms with van der Waals surface area (Å²) in [4.78, 5) is 17.7. The van der Waals surface area contributed by atoms with Gasteiger partial charge in [0.1, 0.15) is 16.6 Å². The van der Waals surface area contributed by atoms with Crippen LogP contribution in [-0.4, -0.2) is 20.8 Å². The van der Waals surface area contributed by atoms with Gasteiger partial charge in [-0.15, -0.1) is 0 Å². The third kappa shape index (κ3) is 2.89. The van der Waals surface area contributed by atoms with Crippen LogP contribution in [0.4, 0.5) is 0 Å². The topological polar surface area (TPSA) is 47.8 Å². The Kier molecular flexibility index (Phi) is 4.44. The van der Waals surface area contributed by atoms with Crippen LogP contribution in [0.5, 0.6) is 0 Å². The molecule has 0 N–H and O–H groups in total. The second-order valence-corrected chi connectivity index (χ2v) is 8.98. The van der Waals surface area contributed by atoms with E-state index in [9.17, 15) is 4.79 Å². The van der Waals surface area contributed by atoms with Gasteiger partial charge in [0.05, 0.1) is 0 Å². The number of fused-ring (bicyclic) bond motifs is 3. The molecule has 0 radical (unpaired) electrons. The average Bonchev–Trinajstić information content (AvgIpc) is 3.29. The summed E-state index contributed by atoms with van der Waals surface area (Å²) in [7, 11) is 0. The summed E-state index contributed by atoms with van der Waals surface area (Å²) in [6.45, 7) is 0. The van der Waals surface area contributed by atoms with Crippen molar-refractivity contribution in [2.24, 2.45) is 0 Å². The van der Waals surface area contributed by atoms with Gasteiger partial charge in [0.2, 0.25) is 0 Å². The zero-order chi connectivity index (χ0) is 21.5. The van der Waals surface area contributed by atoms with E-state index >= 15 is 0 Å². The maximum atomic E-state index is 13.7. The van der Waals surface area contributed by atoms with Crippen LogP contribution >= 0.6 is 11.8 Å². The first kappa shape index (κ1) is 19.0. The molecule has 0 amide bonds. The SMILES string of the molecule is O=C(CC1(n2nc3ccccc3n2)c2ccccc2Sc2ccccc21)c1ccccc1. The van der Waals surface area contributed by atoms with Gasteiger partial charge >= 0.3 is 0 Å². The number of benzene rings is 4. The Morgan fingerprint density at radius 1 is 0.688 bits per heavy atom. The predicted octanol–water partition coefficient (Wildman–Crippen LogP) is 5.96. The zero-order valence-corrected chi connectivity index (χ0v) is 18.0. The van der Waals surface area contributed by atoms with Gasteiger partial charge in [0.15, 0.2) is 5.78 Å². The first-order valence-corrected chi connectivity index (χ1v) is 11.3. The normalized spacial score (nSPS) is 14.0. The van der Waals surface area contributed by atoms with Gasteiger partial charge in [0.25, 0.3) is 0 Å². The van der Waals surface area contributed by atoms with Gasteiger partial charge in [-0.2, -0.15) is 15.0 Å². The summed E-state index contributed by atoms with van der Waals surface area (Å²) in [5.74, 6) is 0.0588. The number of carbonyl (C=O) groups excluding carboxylic acids is 1. The minimum atomic E-state index is -0.843. The summed E-state index contributed by atoms with van der Waals surface area (Å²) in [6, 6.07) is 33.9. The lowest BCUT2D eigenvalue weighted by atomic mass is 9.78. The molecule has 5 aromatic rings. The monoisotopic (exact) mass is 433 g/mol. The van der Waals surface area contributed by atoms with E-state index in [-0.39, 0.29) is 12.2 Å². The zero-order valence-electron chi connectivity index (χ0n) is 17.2. The standard InChI is InChI=1S/C27H19N3OS/c31-24(19-10-2-1-3-11-19)18-27(30-28-22-14-6-7-15-23(22)29-30)20-12-4-8-16-25(20)32-26-17-9-5-13-21(26)27/h1-17H,18H2. The lowest BCUT2D eigenvalue weighted by molar-refractivity contribution is 0.0938. The fourth-order valence-electron chi connectivity index (χ4n) is 4.52. The molecule has 0 bridgehead atoms. The van der Waals surface area contributed by atoms with Crippen molar-refractivity contribution in [1.29, 1.82) is 0 Å². The molecule has 0 unspecified atom stereocenters. The molecule has 0 saturated heterocycles. The number of hydrogen-bond donors (Lipinski definition) is 0. The van der Waals surface area contributed by atoms with Gasteiger partial charge in [-0.3, -0.25) is 4.79 Å². The number of rotatable bonds is 4. The lowest BCUT2D eigenvalue weighted by Crippen LogP contribution is -2.42. The summed E-state index contributed by atoms with van der Waals surface area (Å²) in [6.07, 6.45) is 0.229. The second kappa shape index (κ2) is 7.46. The minimum absolute atomic E-state index is 0.0588. The van der Waals surface area contributed by atoms with Crippen LogP contribution in [0.3, 0.4) is 0 Å². The highest BCUT2D eigenvalue weighted by Crippen LogP contribution is 2.51. The first-order chi connectivity index (χ1) is 15.8. The van der Waals surface area contributed by atoms with Crippen LogP contribution in [0.25, 0.3) is 11.0 Å². The number of hydrogen-bond acceptors (Lipinski definition) is 4. The number of carbonyl (C=O) groups is 1. The highest BCUT2D eigenvalue weighted by atomic mass is 32.2. The maximum absolute atomic E-state index is 13.7. The Balaban J connectivity index is 1.66. The van der Waals surface area contributed by atoms with E-state index in [2.05, 4.69) is 24.3 Å². The van der Waals surface area contributed by atoms with Gasteiger partial charge < -0.3 is 0 Å². The van der Waals surface area contributed by atoms with Gasteiger partial charge in [0, 0.05) is 32.9 Å². The van der Waals surface area contributed by atoms with Crippen LogP contribution < -0.4 is 0 Å². The fourth-order valence-corrected chi connectivity index (χ4v) is 5.75. The van der Waals surface area contributed by atoms with E-state index in [4.69, 9.17) is 10.2 Å². The molecule has 0 saturated carbocycles. The highest BCUT2D eigenvalue weighted by molar-refractivity contribution is 7.99. The van der Waals surface area contributed by atoms with Crippen molar-refractivity contribution in [1.82, 2.24) is 15.0 Å². The fraction of sp³-hybridized carbons (Fsp3) is 0.0741. The van der Waals surface area contributed by atoms with Crippen molar-refractivity contribution >= 4 is 28.6 Å². The Hall–Kier alpha value is -3.70. The molecule has 6 rings (SSSR count). The van der Waals surface area contributed by atoms with Crippen molar-refractivity contribution in [3.63, 3.8) is 0 Å². The van der Waals surface area contributed by atoms with Crippen LogP contribution in [0, 0.1) is 0 Å². The van der Waals surface area contributed by atoms with Crippen LogP contribution in [-0.2, 0) is 5.54 Å². The third-order valence-electron chi connectivity index (χ3n) is 6.03. The van der Waals surface area contributed by atoms with Gasteiger partial charge in [-0.1, -0.05) is 90.6 Å². The van der Waals surface area contributed by atoms with Crippen LogP contribution in [0.15, 0.2) is 113 Å². The molecule has 1 aliphatic rings. The van der Waals surface area contributed by atoms with E-state index in [1.54, 1.807) is 16.6 Å². The maximum Gasteiger partial charge on any atom is 0.166 e. The first-order valence-electron chi connectivity index (χ1n) is 10.5. The van der Waals surface area contributed by atoms with Crippen molar-refractivity contribution < 1.29 is 4.79 Å².